The molecule has 0 bridgehead atoms. The smallest absolute Gasteiger partial charge is 0.328 e. The molecule has 1 amide bonds. The number of aromatic amines is 1. The Bertz CT molecular complexity index is 1310. The number of pyridine rings is 1. The Balaban J connectivity index is 1.47. The van der Waals surface area contributed by atoms with Crippen LogP contribution in [0.5, 0.6) is 0 Å². The number of aromatic nitrogens is 3. The summed E-state index contributed by atoms with van der Waals surface area (Å²) in [5.74, 6) is -0.850. The summed E-state index contributed by atoms with van der Waals surface area (Å²) in [5, 5.41) is 2.47. The van der Waals surface area contributed by atoms with Gasteiger partial charge in [0.2, 0.25) is 0 Å². The van der Waals surface area contributed by atoms with Crippen LogP contribution in [0.3, 0.4) is 0 Å². The van der Waals surface area contributed by atoms with Gasteiger partial charge in [-0.2, -0.15) is 0 Å². The molecule has 1 fully saturated rings. The van der Waals surface area contributed by atoms with E-state index in [9.17, 15) is 18.8 Å². The highest BCUT2D eigenvalue weighted by Gasteiger charge is 2.21. The van der Waals surface area contributed by atoms with Crippen molar-refractivity contribution in [3.8, 4) is 0 Å². The normalized spacial score (nSPS) is 14.7. The second-order valence-corrected chi connectivity index (χ2v) is 7.94. The van der Waals surface area contributed by atoms with E-state index in [1.54, 1.807) is 19.2 Å². The standard InChI is InChI=1S/C22H25FN6O3/c1-13-18(5-4-16(25-13)20(30)24-2)29-8-6-28(7-9-29)12-14-10-15(23)19-17(11-14)26-22(32)27(3)21(19)31/h4-5,10-11H,6-9,12H2,1-3H3,(H,24,30)(H,26,32). The van der Waals surface area contributed by atoms with E-state index in [0.29, 0.717) is 17.8 Å². The van der Waals surface area contributed by atoms with Crippen LogP contribution in [0.4, 0.5) is 10.1 Å². The van der Waals surface area contributed by atoms with Crippen molar-refractivity contribution in [3.05, 3.63) is 67.9 Å². The molecule has 9 nitrogen and oxygen atoms in total. The SMILES string of the molecule is CNC(=O)c1ccc(N2CCN(Cc3cc(F)c4c(=O)n(C)c(=O)[nH]c4c3)CC2)c(C)n1. The maximum Gasteiger partial charge on any atom is 0.328 e. The van der Waals surface area contributed by atoms with Crippen LogP contribution >= 0.6 is 0 Å². The van der Waals surface area contributed by atoms with Crippen LogP contribution < -0.4 is 21.5 Å². The number of anilines is 1. The number of H-pyrrole nitrogens is 1. The van der Waals surface area contributed by atoms with E-state index in [4.69, 9.17) is 0 Å². The maximum absolute atomic E-state index is 14.6. The largest absolute Gasteiger partial charge is 0.368 e. The summed E-state index contributed by atoms with van der Waals surface area (Å²) in [6, 6.07) is 6.66. The van der Waals surface area contributed by atoms with E-state index in [0.717, 1.165) is 42.1 Å². The van der Waals surface area contributed by atoms with Gasteiger partial charge in [-0.15, -0.1) is 0 Å². The third-order valence-electron chi connectivity index (χ3n) is 5.85. The van der Waals surface area contributed by atoms with Crippen molar-refractivity contribution in [1.82, 2.24) is 24.8 Å². The van der Waals surface area contributed by atoms with Crippen LogP contribution in [0.1, 0.15) is 21.7 Å². The van der Waals surface area contributed by atoms with E-state index in [2.05, 4.69) is 25.1 Å². The number of amides is 1. The number of nitrogens with zero attached hydrogens (tertiary/aromatic N) is 4. The van der Waals surface area contributed by atoms with Crippen LogP contribution in [-0.4, -0.2) is 58.6 Å². The molecular weight excluding hydrogens is 415 g/mol. The lowest BCUT2D eigenvalue weighted by Crippen LogP contribution is -2.46. The summed E-state index contributed by atoms with van der Waals surface area (Å²) in [6.07, 6.45) is 0. The fraction of sp³-hybridized carbons (Fsp3) is 0.364. The Morgan fingerprint density at radius 2 is 1.91 bits per heavy atom. The zero-order chi connectivity index (χ0) is 23.0. The first kappa shape index (κ1) is 21.7. The molecule has 1 saturated heterocycles. The van der Waals surface area contributed by atoms with Gasteiger partial charge in [-0.05, 0) is 36.8 Å². The number of halogens is 1. The second kappa shape index (κ2) is 8.54. The number of aryl methyl sites for hydroxylation is 1. The molecule has 1 aliphatic heterocycles. The van der Waals surface area contributed by atoms with Crippen LogP contribution in [0.25, 0.3) is 10.9 Å². The van der Waals surface area contributed by atoms with E-state index < -0.39 is 17.1 Å². The number of fused-ring (bicyclic) bond motifs is 1. The first-order chi connectivity index (χ1) is 15.3. The lowest BCUT2D eigenvalue weighted by Gasteiger charge is -2.36. The first-order valence-corrected chi connectivity index (χ1v) is 10.4. The monoisotopic (exact) mass is 440 g/mol. The summed E-state index contributed by atoms with van der Waals surface area (Å²) in [5.41, 5.74) is 1.86. The highest BCUT2D eigenvalue weighted by atomic mass is 19.1. The van der Waals surface area contributed by atoms with Crippen molar-refractivity contribution in [2.75, 3.05) is 38.1 Å². The van der Waals surface area contributed by atoms with Crippen LogP contribution in [0.2, 0.25) is 0 Å². The first-order valence-electron chi connectivity index (χ1n) is 10.4. The molecule has 32 heavy (non-hydrogen) atoms. The molecule has 0 aliphatic carbocycles. The fourth-order valence-electron chi connectivity index (χ4n) is 4.08. The Hall–Kier alpha value is -3.53. The molecule has 2 aromatic heterocycles. The molecule has 0 unspecified atom stereocenters. The Morgan fingerprint density at radius 1 is 1.19 bits per heavy atom. The molecule has 0 radical (unpaired) electrons. The number of benzene rings is 1. The van der Waals surface area contributed by atoms with Crippen molar-refractivity contribution in [1.29, 1.82) is 0 Å². The van der Waals surface area contributed by atoms with Gasteiger partial charge in [0.15, 0.2) is 0 Å². The lowest BCUT2D eigenvalue weighted by atomic mass is 10.1. The quantitative estimate of drug-likeness (QED) is 0.621. The predicted octanol–water partition coefficient (Wildman–Crippen LogP) is 0.751. The van der Waals surface area contributed by atoms with Gasteiger partial charge in [-0.25, -0.2) is 14.2 Å². The highest BCUT2D eigenvalue weighted by molar-refractivity contribution is 5.92. The van der Waals surface area contributed by atoms with E-state index in [1.165, 1.54) is 13.1 Å². The van der Waals surface area contributed by atoms with Crippen molar-refractivity contribution < 1.29 is 9.18 Å². The fourth-order valence-corrected chi connectivity index (χ4v) is 4.08. The van der Waals surface area contributed by atoms with Crippen LogP contribution in [0, 0.1) is 12.7 Å². The molecule has 0 saturated carbocycles. The predicted molar refractivity (Wildman–Crippen MR) is 120 cm³/mol. The van der Waals surface area contributed by atoms with Gasteiger partial charge < -0.3 is 15.2 Å². The number of nitrogens with one attached hydrogen (secondary N) is 2. The summed E-state index contributed by atoms with van der Waals surface area (Å²) in [7, 11) is 2.89. The van der Waals surface area contributed by atoms with Crippen molar-refractivity contribution in [2.24, 2.45) is 7.05 Å². The molecule has 0 spiro atoms. The highest BCUT2D eigenvalue weighted by Crippen LogP contribution is 2.22. The van der Waals surface area contributed by atoms with Gasteiger partial charge in [-0.3, -0.25) is 19.1 Å². The van der Waals surface area contributed by atoms with Gasteiger partial charge in [-0.1, -0.05) is 0 Å². The van der Waals surface area contributed by atoms with E-state index >= 15 is 0 Å². The third-order valence-corrected chi connectivity index (χ3v) is 5.85. The van der Waals surface area contributed by atoms with E-state index in [1.807, 2.05) is 13.0 Å². The molecule has 1 aliphatic rings. The number of hydrogen-bond donors (Lipinski definition) is 2. The second-order valence-electron chi connectivity index (χ2n) is 7.94. The zero-order valence-corrected chi connectivity index (χ0v) is 18.2. The minimum Gasteiger partial charge on any atom is -0.368 e. The van der Waals surface area contributed by atoms with Gasteiger partial charge in [0.1, 0.15) is 11.5 Å². The summed E-state index contributed by atoms with van der Waals surface area (Å²) in [6.45, 7) is 5.42. The number of piperazine rings is 1. The third kappa shape index (κ3) is 4.01. The van der Waals surface area contributed by atoms with Gasteiger partial charge in [0, 0.05) is 46.8 Å². The summed E-state index contributed by atoms with van der Waals surface area (Å²) in [4.78, 5) is 47.2. The molecule has 0 atom stereocenters. The molecule has 3 aromatic rings. The lowest BCUT2D eigenvalue weighted by molar-refractivity contribution is 0.0958. The zero-order valence-electron chi connectivity index (χ0n) is 18.2. The van der Waals surface area contributed by atoms with Crippen LogP contribution in [0.15, 0.2) is 33.9 Å². The number of hydrogen-bond acceptors (Lipinski definition) is 6. The maximum atomic E-state index is 14.6. The average molecular weight is 440 g/mol. The number of rotatable bonds is 4. The van der Waals surface area contributed by atoms with Crippen molar-refractivity contribution in [2.45, 2.75) is 13.5 Å². The number of carbonyl (C=O) groups excluding carboxylic acids is 1. The average Bonchev–Trinajstić information content (AvgIpc) is 2.77. The van der Waals surface area contributed by atoms with Crippen LogP contribution in [-0.2, 0) is 13.6 Å². The van der Waals surface area contributed by atoms with Gasteiger partial charge >= 0.3 is 5.69 Å². The molecule has 168 valence electrons. The molecule has 10 heteroatoms. The van der Waals surface area contributed by atoms with Gasteiger partial charge in [0.05, 0.1) is 22.3 Å². The molecule has 1 aromatic carbocycles. The Morgan fingerprint density at radius 3 is 2.56 bits per heavy atom. The number of carbonyl (C=O) groups is 1. The Kier molecular flexibility index (Phi) is 5.79. The van der Waals surface area contributed by atoms with E-state index in [-0.39, 0.29) is 16.8 Å². The topological polar surface area (TPSA) is 103 Å². The molecule has 4 rings (SSSR count). The Labute approximate surface area is 183 Å². The minimum atomic E-state index is -0.646. The molecule has 3 heterocycles. The van der Waals surface area contributed by atoms with Crippen molar-refractivity contribution in [3.63, 3.8) is 0 Å². The van der Waals surface area contributed by atoms with Crippen molar-refractivity contribution >= 4 is 22.5 Å². The minimum absolute atomic E-state index is 0.108. The molecular formula is C22H25FN6O3. The summed E-state index contributed by atoms with van der Waals surface area (Å²) >= 11 is 0. The van der Waals surface area contributed by atoms with Gasteiger partial charge in [0.25, 0.3) is 11.5 Å². The molecule has 2 N–H and O–H groups in total. The summed E-state index contributed by atoms with van der Waals surface area (Å²) < 4.78 is 15.5.